The molecule has 0 saturated heterocycles. The van der Waals surface area contributed by atoms with E-state index < -0.39 is 20.9 Å². The monoisotopic (exact) mass is 219 g/mol. The van der Waals surface area contributed by atoms with E-state index >= 15 is 0 Å². The van der Waals surface area contributed by atoms with E-state index in [4.69, 9.17) is 9.84 Å². The molecule has 0 aromatic rings. The minimum absolute atomic E-state index is 0.0547. The summed E-state index contributed by atoms with van der Waals surface area (Å²) in [5.41, 5.74) is 0.0827. The molecule has 0 atom stereocenters. The van der Waals surface area contributed by atoms with Crippen molar-refractivity contribution in [3.05, 3.63) is 10.5 Å². The van der Waals surface area contributed by atoms with Gasteiger partial charge in [-0.15, -0.1) is 0 Å². The van der Waals surface area contributed by atoms with Gasteiger partial charge in [0.1, 0.15) is 0 Å². The second-order valence-electron chi connectivity index (χ2n) is 2.51. The Morgan fingerprint density at radius 1 is 1.64 bits per heavy atom. The molecule has 0 aromatic heterocycles. The molecule has 1 aliphatic heterocycles. The molecule has 7 heteroatoms. The van der Waals surface area contributed by atoms with Crippen molar-refractivity contribution in [2.45, 2.75) is 6.92 Å². The van der Waals surface area contributed by atoms with Crippen LogP contribution in [-0.4, -0.2) is 38.9 Å². The van der Waals surface area contributed by atoms with Gasteiger partial charge >= 0.3 is 5.97 Å². The summed E-state index contributed by atoms with van der Waals surface area (Å²) in [6.07, 6.45) is 1.01. The number of nitrogens with zero attached hydrogens (tertiary/aromatic N) is 1. The van der Waals surface area contributed by atoms with Gasteiger partial charge < -0.3 is 9.84 Å². The van der Waals surface area contributed by atoms with Crippen molar-refractivity contribution in [2.24, 2.45) is 4.40 Å². The summed E-state index contributed by atoms with van der Waals surface area (Å²) in [4.78, 5) is 9.93. The summed E-state index contributed by atoms with van der Waals surface area (Å²) in [6, 6.07) is 0. The van der Waals surface area contributed by atoms with Crippen LogP contribution in [0, 0.1) is 0 Å². The molecular weight excluding hydrogens is 210 g/mol. The lowest BCUT2D eigenvalue weighted by Gasteiger charge is -2.00. The topological polar surface area (TPSA) is 93.0 Å². The van der Waals surface area contributed by atoms with Crippen molar-refractivity contribution in [3.8, 4) is 0 Å². The van der Waals surface area contributed by atoms with E-state index in [0.717, 1.165) is 6.21 Å². The number of carboxylic acid groups (broad SMARTS) is 1. The van der Waals surface area contributed by atoms with Gasteiger partial charge in [0, 0.05) is 18.4 Å². The molecular formula is C7H9NO5S. The standard InChI is InChI=1S/C7H9NO5S/c1-2-13-4-5-3-8-14(11,12)6(5)7(9)10/h3H,2,4H2,1H3,(H,9,10). The molecule has 0 fully saturated rings. The maximum absolute atomic E-state index is 11.1. The fourth-order valence-corrected chi connectivity index (χ4v) is 2.01. The maximum Gasteiger partial charge on any atom is 0.349 e. The summed E-state index contributed by atoms with van der Waals surface area (Å²) < 4.78 is 30.2. The lowest BCUT2D eigenvalue weighted by Crippen LogP contribution is -2.11. The Bertz CT molecular complexity index is 406. The Kier molecular flexibility index (Phi) is 3.02. The molecule has 0 amide bonds. The summed E-state index contributed by atoms with van der Waals surface area (Å²) in [5.74, 6) is -1.50. The van der Waals surface area contributed by atoms with Gasteiger partial charge in [-0.3, -0.25) is 0 Å². The molecule has 6 nitrogen and oxygen atoms in total. The quantitative estimate of drug-likeness (QED) is 0.705. The number of aliphatic carboxylic acids is 1. The van der Waals surface area contributed by atoms with E-state index in [-0.39, 0.29) is 12.2 Å². The van der Waals surface area contributed by atoms with Gasteiger partial charge in [0.15, 0.2) is 4.91 Å². The molecule has 0 aliphatic carbocycles. The highest BCUT2D eigenvalue weighted by Crippen LogP contribution is 2.20. The number of sulfonamides is 1. The van der Waals surface area contributed by atoms with Gasteiger partial charge in [-0.25, -0.2) is 4.79 Å². The molecule has 0 radical (unpaired) electrons. The molecule has 1 aliphatic rings. The molecule has 0 bridgehead atoms. The van der Waals surface area contributed by atoms with Crippen molar-refractivity contribution < 1.29 is 23.1 Å². The van der Waals surface area contributed by atoms with Gasteiger partial charge in [-0.2, -0.15) is 12.8 Å². The summed E-state index contributed by atoms with van der Waals surface area (Å²) in [6.45, 7) is 2.05. The number of ether oxygens (including phenoxy) is 1. The van der Waals surface area contributed by atoms with Crippen LogP contribution < -0.4 is 0 Å². The Balaban J connectivity index is 3.04. The summed E-state index contributed by atoms with van der Waals surface area (Å²) >= 11 is 0. The van der Waals surface area contributed by atoms with Crippen LogP contribution in [0.2, 0.25) is 0 Å². The summed E-state index contributed by atoms with van der Waals surface area (Å²) in [5, 5.41) is 8.65. The number of rotatable bonds is 4. The molecule has 14 heavy (non-hydrogen) atoms. The first-order valence-electron chi connectivity index (χ1n) is 3.83. The molecule has 78 valence electrons. The van der Waals surface area contributed by atoms with Gasteiger partial charge in [0.25, 0.3) is 10.0 Å². The molecule has 0 spiro atoms. The van der Waals surface area contributed by atoms with Crippen LogP contribution in [0.5, 0.6) is 0 Å². The number of hydrogen-bond donors (Lipinski definition) is 1. The fraction of sp³-hybridized carbons (Fsp3) is 0.429. The first kappa shape index (κ1) is 10.9. The van der Waals surface area contributed by atoms with Crippen molar-refractivity contribution in [1.29, 1.82) is 0 Å². The lowest BCUT2D eigenvalue weighted by atomic mass is 10.3. The van der Waals surface area contributed by atoms with Gasteiger partial charge in [-0.05, 0) is 6.92 Å². The van der Waals surface area contributed by atoms with Gasteiger partial charge in [0.05, 0.1) is 6.61 Å². The van der Waals surface area contributed by atoms with Crippen LogP contribution in [-0.2, 0) is 19.6 Å². The molecule has 1 N–H and O–H groups in total. The number of hydrogen-bond acceptors (Lipinski definition) is 4. The minimum atomic E-state index is -4.00. The van der Waals surface area contributed by atoms with Crippen molar-refractivity contribution in [1.82, 2.24) is 0 Å². The zero-order valence-corrected chi connectivity index (χ0v) is 8.24. The highest BCUT2D eigenvalue weighted by atomic mass is 32.2. The zero-order valence-electron chi connectivity index (χ0n) is 7.43. The zero-order chi connectivity index (χ0) is 10.8. The van der Waals surface area contributed by atoms with E-state index in [1.54, 1.807) is 6.92 Å². The Hall–Kier alpha value is -1.21. The predicted molar refractivity (Wildman–Crippen MR) is 48.6 cm³/mol. The second kappa shape index (κ2) is 3.89. The first-order valence-corrected chi connectivity index (χ1v) is 5.27. The van der Waals surface area contributed by atoms with Crippen LogP contribution in [0.4, 0.5) is 0 Å². The van der Waals surface area contributed by atoms with Crippen molar-refractivity contribution in [3.63, 3.8) is 0 Å². The summed E-state index contributed by atoms with van der Waals surface area (Å²) in [7, 11) is -4.00. The SMILES string of the molecule is CCOCC1=C(C(=O)O)S(=O)(=O)N=C1. The van der Waals surface area contributed by atoms with Gasteiger partial charge in [-0.1, -0.05) is 0 Å². The smallest absolute Gasteiger partial charge is 0.349 e. The molecule has 1 heterocycles. The number of carbonyl (C=O) groups is 1. The van der Waals surface area contributed by atoms with Crippen LogP contribution in [0.1, 0.15) is 6.92 Å². The van der Waals surface area contributed by atoms with Crippen LogP contribution in [0.3, 0.4) is 0 Å². The third-order valence-electron chi connectivity index (χ3n) is 1.55. The fourth-order valence-electron chi connectivity index (χ4n) is 0.973. The largest absolute Gasteiger partial charge is 0.477 e. The first-order chi connectivity index (χ1) is 6.49. The molecule has 0 unspecified atom stereocenters. The Morgan fingerprint density at radius 3 is 2.79 bits per heavy atom. The normalized spacial score (nSPS) is 18.9. The average Bonchev–Trinajstić information content (AvgIpc) is 2.37. The maximum atomic E-state index is 11.1. The average molecular weight is 219 g/mol. The molecule has 0 aromatic carbocycles. The highest BCUT2D eigenvalue weighted by molar-refractivity contribution is 7.95. The Morgan fingerprint density at radius 2 is 2.29 bits per heavy atom. The third kappa shape index (κ3) is 1.99. The predicted octanol–water partition coefficient (Wildman–Crippen LogP) is -0.224. The molecule has 1 rings (SSSR count). The van der Waals surface area contributed by atoms with Gasteiger partial charge in [0.2, 0.25) is 0 Å². The highest BCUT2D eigenvalue weighted by Gasteiger charge is 2.31. The molecule has 0 saturated carbocycles. The van der Waals surface area contributed by atoms with Crippen LogP contribution in [0.15, 0.2) is 14.9 Å². The van der Waals surface area contributed by atoms with Crippen LogP contribution >= 0.6 is 0 Å². The Labute approximate surface area is 81.0 Å². The van der Waals surface area contributed by atoms with E-state index in [1.165, 1.54) is 0 Å². The van der Waals surface area contributed by atoms with E-state index in [1.807, 2.05) is 0 Å². The van der Waals surface area contributed by atoms with Crippen LogP contribution in [0.25, 0.3) is 0 Å². The second-order valence-corrected chi connectivity index (χ2v) is 4.08. The number of carboxylic acids is 1. The minimum Gasteiger partial charge on any atom is -0.477 e. The van der Waals surface area contributed by atoms with E-state index in [9.17, 15) is 13.2 Å². The van der Waals surface area contributed by atoms with Crippen molar-refractivity contribution in [2.75, 3.05) is 13.2 Å². The van der Waals surface area contributed by atoms with E-state index in [2.05, 4.69) is 4.40 Å². The van der Waals surface area contributed by atoms with E-state index in [0.29, 0.717) is 6.61 Å². The lowest BCUT2D eigenvalue weighted by molar-refractivity contribution is -0.131. The third-order valence-corrected chi connectivity index (χ3v) is 2.89. The van der Waals surface area contributed by atoms with Crippen molar-refractivity contribution >= 4 is 22.2 Å².